The third-order valence-electron chi connectivity index (χ3n) is 2.50. The molecule has 1 aliphatic heterocycles. The Balaban J connectivity index is 2.25. The molecule has 1 amide bonds. The molecule has 0 aromatic carbocycles. The number of aromatic nitrogens is 1. The Labute approximate surface area is 102 Å². The number of anilines is 1. The van der Waals surface area contributed by atoms with E-state index in [1.165, 1.54) is 0 Å². The van der Waals surface area contributed by atoms with Gasteiger partial charge in [-0.25, -0.2) is 0 Å². The lowest BCUT2D eigenvalue weighted by Crippen LogP contribution is -2.25. The molecule has 0 spiro atoms. The molecule has 5 heteroatoms. The summed E-state index contributed by atoms with van der Waals surface area (Å²) in [5.74, 6) is 1.26. The summed E-state index contributed by atoms with van der Waals surface area (Å²) in [6, 6.07) is 1.84. The predicted octanol–water partition coefficient (Wildman–Crippen LogP) is 2.13. The summed E-state index contributed by atoms with van der Waals surface area (Å²) in [7, 11) is 0. The van der Waals surface area contributed by atoms with Crippen LogP contribution in [-0.2, 0) is 4.79 Å². The highest BCUT2D eigenvalue weighted by Gasteiger charge is 2.30. The van der Waals surface area contributed by atoms with E-state index in [0.29, 0.717) is 12.3 Å². The Bertz CT molecular complexity index is 385. The molecule has 15 heavy (non-hydrogen) atoms. The maximum absolute atomic E-state index is 11.7. The van der Waals surface area contributed by atoms with Crippen LogP contribution in [0.1, 0.15) is 6.42 Å². The summed E-state index contributed by atoms with van der Waals surface area (Å²) in [6.45, 7) is 0.743. The van der Waals surface area contributed by atoms with Gasteiger partial charge in [0.2, 0.25) is 5.91 Å². The standard InChI is InChI=1S/C10H11BrN2OS/c11-8-1-2-12-4-9(8)13-5-7(6-15)3-10(13)14/h1-2,4,7,15H,3,5-6H2. The van der Waals surface area contributed by atoms with Gasteiger partial charge in [-0.15, -0.1) is 0 Å². The van der Waals surface area contributed by atoms with Gasteiger partial charge in [-0.1, -0.05) is 0 Å². The van der Waals surface area contributed by atoms with Crippen LogP contribution in [0.4, 0.5) is 5.69 Å². The molecule has 1 aromatic heterocycles. The zero-order chi connectivity index (χ0) is 10.8. The minimum atomic E-state index is 0.155. The Morgan fingerprint density at radius 2 is 2.47 bits per heavy atom. The van der Waals surface area contributed by atoms with E-state index >= 15 is 0 Å². The SMILES string of the molecule is O=C1CC(CS)CN1c1cnccc1Br. The van der Waals surface area contributed by atoms with E-state index < -0.39 is 0 Å². The number of carbonyl (C=O) groups excluding carboxylic acids is 1. The zero-order valence-electron chi connectivity index (χ0n) is 8.06. The van der Waals surface area contributed by atoms with E-state index in [1.807, 2.05) is 6.07 Å². The first kappa shape index (κ1) is 11.0. The van der Waals surface area contributed by atoms with Crippen molar-refractivity contribution in [2.75, 3.05) is 17.2 Å². The molecular weight excluding hydrogens is 276 g/mol. The van der Waals surface area contributed by atoms with Crippen LogP contribution in [0, 0.1) is 5.92 Å². The van der Waals surface area contributed by atoms with Crippen molar-refractivity contribution in [3.05, 3.63) is 22.9 Å². The fourth-order valence-corrected chi connectivity index (χ4v) is 2.38. The Morgan fingerprint density at radius 1 is 1.67 bits per heavy atom. The third-order valence-corrected chi connectivity index (χ3v) is 3.69. The fourth-order valence-electron chi connectivity index (χ4n) is 1.70. The molecule has 0 N–H and O–H groups in total. The first-order valence-corrected chi connectivity index (χ1v) is 6.15. The number of amides is 1. The van der Waals surface area contributed by atoms with E-state index in [2.05, 4.69) is 33.5 Å². The average molecular weight is 287 g/mol. The van der Waals surface area contributed by atoms with E-state index in [-0.39, 0.29) is 5.91 Å². The van der Waals surface area contributed by atoms with Gasteiger partial charge in [0.15, 0.2) is 0 Å². The molecule has 1 fully saturated rings. The minimum Gasteiger partial charge on any atom is -0.310 e. The van der Waals surface area contributed by atoms with Gasteiger partial charge in [-0.2, -0.15) is 12.6 Å². The zero-order valence-corrected chi connectivity index (χ0v) is 10.5. The number of hydrogen-bond acceptors (Lipinski definition) is 3. The monoisotopic (exact) mass is 286 g/mol. The van der Waals surface area contributed by atoms with Gasteiger partial charge in [-0.05, 0) is 33.7 Å². The van der Waals surface area contributed by atoms with Crippen LogP contribution < -0.4 is 4.90 Å². The first-order valence-electron chi connectivity index (χ1n) is 4.73. The largest absolute Gasteiger partial charge is 0.310 e. The Hall–Kier alpha value is -0.550. The second-order valence-corrected chi connectivity index (χ2v) is 4.80. The Morgan fingerprint density at radius 3 is 3.07 bits per heavy atom. The molecule has 80 valence electrons. The van der Waals surface area contributed by atoms with Gasteiger partial charge in [0.05, 0.1) is 11.9 Å². The van der Waals surface area contributed by atoms with Crippen molar-refractivity contribution in [3.8, 4) is 0 Å². The van der Waals surface area contributed by atoms with Gasteiger partial charge in [0.1, 0.15) is 0 Å². The third kappa shape index (κ3) is 2.18. The number of rotatable bonds is 2. The van der Waals surface area contributed by atoms with Gasteiger partial charge in [0, 0.05) is 23.6 Å². The van der Waals surface area contributed by atoms with Crippen molar-refractivity contribution in [2.45, 2.75) is 6.42 Å². The molecule has 1 unspecified atom stereocenters. The molecular formula is C10H11BrN2OS. The molecule has 0 aliphatic carbocycles. The summed E-state index contributed by atoms with van der Waals surface area (Å²) in [4.78, 5) is 17.5. The Kier molecular flexibility index (Phi) is 3.31. The number of thiol groups is 1. The molecule has 0 radical (unpaired) electrons. The molecule has 1 atom stereocenters. The van der Waals surface area contributed by atoms with Crippen LogP contribution in [0.3, 0.4) is 0 Å². The summed E-state index contributed by atoms with van der Waals surface area (Å²) in [6.07, 6.45) is 4.00. The maximum Gasteiger partial charge on any atom is 0.227 e. The highest BCUT2D eigenvalue weighted by Crippen LogP contribution is 2.30. The first-order chi connectivity index (χ1) is 7.22. The summed E-state index contributed by atoms with van der Waals surface area (Å²) >= 11 is 7.65. The minimum absolute atomic E-state index is 0.155. The van der Waals surface area contributed by atoms with Crippen LogP contribution in [0.25, 0.3) is 0 Å². The summed E-state index contributed by atoms with van der Waals surface area (Å²) in [5, 5.41) is 0. The van der Waals surface area contributed by atoms with Crippen molar-refractivity contribution in [3.63, 3.8) is 0 Å². The molecule has 0 bridgehead atoms. The van der Waals surface area contributed by atoms with Gasteiger partial charge < -0.3 is 4.90 Å². The number of hydrogen-bond donors (Lipinski definition) is 1. The quantitative estimate of drug-likeness (QED) is 0.845. The van der Waals surface area contributed by atoms with Crippen molar-refractivity contribution >= 4 is 40.2 Å². The van der Waals surface area contributed by atoms with Crippen molar-refractivity contribution in [2.24, 2.45) is 5.92 Å². The molecule has 1 aromatic rings. The average Bonchev–Trinajstić information content (AvgIpc) is 2.60. The van der Waals surface area contributed by atoms with Gasteiger partial charge in [-0.3, -0.25) is 9.78 Å². The smallest absolute Gasteiger partial charge is 0.227 e. The van der Waals surface area contributed by atoms with Crippen molar-refractivity contribution < 1.29 is 4.79 Å². The highest BCUT2D eigenvalue weighted by atomic mass is 79.9. The van der Waals surface area contributed by atoms with Crippen LogP contribution in [0.5, 0.6) is 0 Å². The van der Waals surface area contributed by atoms with E-state index in [9.17, 15) is 4.79 Å². The molecule has 3 nitrogen and oxygen atoms in total. The number of nitrogens with zero attached hydrogens (tertiary/aromatic N) is 2. The lowest BCUT2D eigenvalue weighted by Gasteiger charge is -2.17. The maximum atomic E-state index is 11.7. The predicted molar refractivity (Wildman–Crippen MR) is 66.3 cm³/mol. The van der Waals surface area contributed by atoms with E-state index in [1.54, 1.807) is 17.3 Å². The summed E-state index contributed by atoms with van der Waals surface area (Å²) < 4.78 is 0.908. The molecule has 2 rings (SSSR count). The van der Waals surface area contributed by atoms with Gasteiger partial charge >= 0.3 is 0 Å². The molecule has 1 aliphatic rings. The fraction of sp³-hybridized carbons (Fsp3) is 0.400. The molecule has 0 saturated carbocycles. The molecule has 1 saturated heterocycles. The highest BCUT2D eigenvalue weighted by molar-refractivity contribution is 9.10. The lowest BCUT2D eigenvalue weighted by molar-refractivity contribution is -0.117. The van der Waals surface area contributed by atoms with Crippen LogP contribution in [0.15, 0.2) is 22.9 Å². The van der Waals surface area contributed by atoms with Crippen molar-refractivity contribution in [1.29, 1.82) is 0 Å². The van der Waals surface area contributed by atoms with E-state index in [0.717, 1.165) is 22.5 Å². The van der Waals surface area contributed by atoms with Gasteiger partial charge in [0.25, 0.3) is 0 Å². The normalized spacial score (nSPS) is 21.1. The van der Waals surface area contributed by atoms with E-state index in [4.69, 9.17) is 0 Å². The van der Waals surface area contributed by atoms with Crippen molar-refractivity contribution in [1.82, 2.24) is 4.98 Å². The number of carbonyl (C=O) groups is 1. The second kappa shape index (κ2) is 4.53. The second-order valence-electron chi connectivity index (χ2n) is 3.58. The van der Waals surface area contributed by atoms with Crippen LogP contribution in [0.2, 0.25) is 0 Å². The molecule has 2 heterocycles. The lowest BCUT2D eigenvalue weighted by atomic mass is 10.1. The van der Waals surface area contributed by atoms with Crippen LogP contribution in [-0.4, -0.2) is 23.2 Å². The topological polar surface area (TPSA) is 33.2 Å². The van der Waals surface area contributed by atoms with Crippen LogP contribution >= 0.6 is 28.6 Å². The number of pyridine rings is 1. The number of halogens is 1. The summed E-state index contributed by atoms with van der Waals surface area (Å²) in [5.41, 5.74) is 0.854.